The van der Waals surface area contributed by atoms with E-state index in [1.54, 1.807) is 30.3 Å². The second-order valence-corrected chi connectivity index (χ2v) is 6.24. The summed E-state index contributed by atoms with van der Waals surface area (Å²) >= 11 is 0. The number of amides is 1. The van der Waals surface area contributed by atoms with Gasteiger partial charge in [0.1, 0.15) is 12.0 Å². The van der Waals surface area contributed by atoms with Gasteiger partial charge in [-0.1, -0.05) is 12.1 Å². The van der Waals surface area contributed by atoms with E-state index in [1.165, 1.54) is 6.33 Å². The quantitative estimate of drug-likeness (QED) is 0.392. The van der Waals surface area contributed by atoms with Gasteiger partial charge in [-0.2, -0.15) is 10.1 Å². The van der Waals surface area contributed by atoms with Crippen LogP contribution in [0.4, 0.5) is 23.4 Å². The fourth-order valence-corrected chi connectivity index (χ4v) is 2.62. The van der Waals surface area contributed by atoms with Crippen molar-refractivity contribution in [3.63, 3.8) is 0 Å². The van der Waals surface area contributed by atoms with Crippen molar-refractivity contribution in [1.29, 1.82) is 0 Å². The van der Waals surface area contributed by atoms with Crippen LogP contribution in [-0.4, -0.2) is 43.5 Å². The summed E-state index contributed by atoms with van der Waals surface area (Å²) < 4.78 is 5.33. The first-order valence-corrected chi connectivity index (χ1v) is 8.76. The lowest BCUT2D eigenvalue weighted by Gasteiger charge is -2.11. The van der Waals surface area contributed by atoms with Crippen LogP contribution in [0.2, 0.25) is 0 Å². The largest absolute Gasteiger partial charge is 0.463 e. The van der Waals surface area contributed by atoms with E-state index in [-0.39, 0.29) is 0 Å². The van der Waals surface area contributed by atoms with E-state index in [0.717, 1.165) is 23.4 Å². The standard InChI is InChI=1S/C19H18N8O2/c1-27(12-28)10-13-4-6-14(7-5-13)22-18-20-11-21-19(24-18)23-17-9-15(25-26-17)16-3-2-8-29-16/h2-9,11-12H,10H2,1H3,(H3,20,21,22,23,24,25,26). The maximum atomic E-state index is 10.7. The number of nitrogens with zero attached hydrogens (tertiary/aromatic N) is 5. The van der Waals surface area contributed by atoms with Gasteiger partial charge in [0.2, 0.25) is 18.3 Å². The van der Waals surface area contributed by atoms with Crippen LogP contribution in [0, 0.1) is 0 Å². The summed E-state index contributed by atoms with van der Waals surface area (Å²) in [4.78, 5) is 24.9. The highest BCUT2D eigenvalue weighted by Gasteiger charge is 2.08. The molecule has 1 amide bonds. The minimum absolute atomic E-state index is 0.351. The van der Waals surface area contributed by atoms with Crippen LogP contribution in [0.5, 0.6) is 0 Å². The summed E-state index contributed by atoms with van der Waals surface area (Å²) in [6.45, 7) is 0.549. The van der Waals surface area contributed by atoms with Crippen molar-refractivity contribution in [2.75, 3.05) is 17.7 Å². The molecule has 0 saturated carbocycles. The van der Waals surface area contributed by atoms with Gasteiger partial charge in [-0.3, -0.25) is 9.89 Å². The van der Waals surface area contributed by atoms with Crippen LogP contribution in [0.1, 0.15) is 5.56 Å². The molecule has 3 N–H and O–H groups in total. The lowest BCUT2D eigenvalue weighted by molar-refractivity contribution is -0.117. The lowest BCUT2D eigenvalue weighted by atomic mass is 10.2. The molecule has 0 saturated heterocycles. The van der Waals surface area contributed by atoms with Crippen molar-refractivity contribution in [2.45, 2.75) is 6.54 Å². The first kappa shape index (κ1) is 18.2. The smallest absolute Gasteiger partial charge is 0.233 e. The number of benzene rings is 1. The van der Waals surface area contributed by atoms with Crippen molar-refractivity contribution in [1.82, 2.24) is 30.0 Å². The van der Waals surface area contributed by atoms with Gasteiger partial charge in [0, 0.05) is 25.3 Å². The molecule has 0 radical (unpaired) electrons. The third-order valence-corrected chi connectivity index (χ3v) is 4.00. The zero-order valence-corrected chi connectivity index (χ0v) is 15.5. The molecule has 1 aromatic carbocycles. The summed E-state index contributed by atoms with van der Waals surface area (Å²) in [7, 11) is 1.73. The topological polar surface area (TPSA) is 125 Å². The van der Waals surface area contributed by atoms with E-state index in [2.05, 4.69) is 35.8 Å². The van der Waals surface area contributed by atoms with E-state index < -0.39 is 0 Å². The minimum atomic E-state index is 0.351. The first-order chi connectivity index (χ1) is 14.2. The van der Waals surface area contributed by atoms with Crippen LogP contribution in [-0.2, 0) is 11.3 Å². The first-order valence-electron chi connectivity index (χ1n) is 8.76. The Bertz CT molecular complexity index is 1080. The number of nitrogens with one attached hydrogen (secondary N) is 3. The molecule has 146 valence electrons. The molecule has 0 atom stereocenters. The molecular weight excluding hydrogens is 372 g/mol. The molecule has 10 nitrogen and oxygen atoms in total. The fourth-order valence-electron chi connectivity index (χ4n) is 2.62. The Morgan fingerprint density at radius 3 is 2.66 bits per heavy atom. The highest BCUT2D eigenvalue weighted by Crippen LogP contribution is 2.21. The van der Waals surface area contributed by atoms with Crippen LogP contribution < -0.4 is 10.6 Å². The van der Waals surface area contributed by atoms with Gasteiger partial charge >= 0.3 is 0 Å². The molecule has 3 heterocycles. The molecule has 29 heavy (non-hydrogen) atoms. The average molecular weight is 390 g/mol. The molecule has 0 aliphatic rings. The van der Waals surface area contributed by atoms with Crippen molar-refractivity contribution in [3.8, 4) is 11.5 Å². The second-order valence-electron chi connectivity index (χ2n) is 6.24. The number of carbonyl (C=O) groups excluding carboxylic acids is 1. The predicted molar refractivity (Wildman–Crippen MR) is 107 cm³/mol. The van der Waals surface area contributed by atoms with Crippen LogP contribution in [0.3, 0.4) is 0 Å². The summed E-state index contributed by atoms with van der Waals surface area (Å²) in [6, 6.07) is 13.1. The Morgan fingerprint density at radius 1 is 1.14 bits per heavy atom. The van der Waals surface area contributed by atoms with Gasteiger partial charge in [0.25, 0.3) is 0 Å². The Labute approximate surface area is 166 Å². The summed E-state index contributed by atoms with van der Waals surface area (Å²) in [5, 5.41) is 13.2. The maximum Gasteiger partial charge on any atom is 0.233 e. The second kappa shape index (κ2) is 8.21. The molecule has 0 unspecified atom stereocenters. The molecule has 0 aliphatic carbocycles. The molecule has 4 rings (SSSR count). The average Bonchev–Trinajstić information content (AvgIpc) is 3.41. The van der Waals surface area contributed by atoms with E-state index in [0.29, 0.717) is 30.0 Å². The highest BCUT2D eigenvalue weighted by molar-refractivity contribution is 5.61. The van der Waals surface area contributed by atoms with Gasteiger partial charge in [0.15, 0.2) is 11.6 Å². The summed E-state index contributed by atoms with van der Waals surface area (Å²) in [6.07, 6.45) is 3.80. The minimum Gasteiger partial charge on any atom is -0.463 e. The third kappa shape index (κ3) is 4.56. The van der Waals surface area contributed by atoms with E-state index in [9.17, 15) is 4.79 Å². The number of rotatable bonds is 8. The van der Waals surface area contributed by atoms with E-state index in [1.807, 2.05) is 30.3 Å². The van der Waals surface area contributed by atoms with Gasteiger partial charge < -0.3 is 20.0 Å². The summed E-state index contributed by atoms with van der Waals surface area (Å²) in [5.41, 5.74) is 2.58. The molecule has 0 spiro atoms. The zero-order chi connectivity index (χ0) is 20.1. The lowest BCUT2D eigenvalue weighted by Crippen LogP contribution is -2.14. The molecular formula is C19H18N8O2. The number of furan rings is 1. The molecule has 0 fully saturated rings. The molecule has 10 heteroatoms. The zero-order valence-electron chi connectivity index (χ0n) is 15.5. The van der Waals surface area contributed by atoms with Crippen molar-refractivity contribution < 1.29 is 9.21 Å². The van der Waals surface area contributed by atoms with E-state index >= 15 is 0 Å². The number of H-pyrrole nitrogens is 1. The number of hydrogen-bond acceptors (Lipinski definition) is 8. The molecule has 3 aromatic heterocycles. The number of hydrogen-bond donors (Lipinski definition) is 3. The Balaban J connectivity index is 1.42. The highest BCUT2D eigenvalue weighted by atomic mass is 16.3. The van der Waals surface area contributed by atoms with Gasteiger partial charge in [0.05, 0.1) is 6.26 Å². The molecule has 0 aliphatic heterocycles. The van der Waals surface area contributed by atoms with Gasteiger partial charge in [-0.25, -0.2) is 9.97 Å². The normalized spacial score (nSPS) is 10.5. The predicted octanol–water partition coefficient (Wildman–Crippen LogP) is 2.93. The Morgan fingerprint density at radius 2 is 1.93 bits per heavy atom. The number of anilines is 4. The maximum absolute atomic E-state index is 10.7. The van der Waals surface area contributed by atoms with Crippen LogP contribution in [0.15, 0.2) is 59.5 Å². The van der Waals surface area contributed by atoms with Crippen molar-refractivity contribution >= 4 is 29.8 Å². The van der Waals surface area contributed by atoms with Gasteiger partial charge in [-0.05, 0) is 29.8 Å². The third-order valence-electron chi connectivity index (χ3n) is 4.00. The SMILES string of the molecule is CN(C=O)Cc1ccc(Nc2ncnc(Nc3cc(-c4ccco4)[nH]n3)n2)cc1. The number of carbonyl (C=O) groups is 1. The Hall–Kier alpha value is -4.21. The van der Waals surface area contributed by atoms with Crippen LogP contribution in [0.25, 0.3) is 11.5 Å². The van der Waals surface area contributed by atoms with E-state index in [4.69, 9.17) is 4.42 Å². The molecule has 0 bridgehead atoms. The van der Waals surface area contributed by atoms with Crippen molar-refractivity contribution in [2.24, 2.45) is 0 Å². The Kier molecular flexibility index (Phi) is 5.14. The number of aromatic amines is 1. The van der Waals surface area contributed by atoms with Crippen molar-refractivity contribution in [3.05, 3.63) is 60.6 Å². The summed E-state index contributed by atoms with van der Waals surface area (Å²) in [5.74, 6) is 1.98. The number of aromatic nitrogens is 5. The van der Waals surface area contributed by atoms with Gasteiger partial charge in [-0.15, -0.1) is 0 Å². The monoisotopic (exact) mass is 390 g/mol. The molecule has 4 aromatic rings. The fraction of sp³-hybridized carbons (Fsp3) is 0.105. The van der Waals surface area contributed by atoms with Crippen LogP contribution >= 0.6 is 0 Å².